The van der Waals surface area contributed by atoms with Crippen LogP contribution in [0.1, 0.15) is 15.9 Å². The molecule has 3 rings (SSSR count). The van der Waals surface area contributed by atoms with Gasteiger partial charge < -0.3 is 0 Å². The molecule has 0 saturated carbocycles. The molecule has 3 heteroatoms. The third kappa shape index (κ3) is 3.09. The molecule has 1 aromatic heterocycles. The molecule has 3 aromatic rings. The van der Waals surface area contributed by atoms with Gasteiger partial charge in [0.25, 0.3) is 0 Å². The maximum absolute atomic E-state index is 12.1. The van der Waals surface area contributed by atoms with Crippen LogP contribution in [0.5, 0.6) is 0 Å². The minimum absolute atomic E-state index is 0.0107. The van der Waals surface area contributed by atoms with Crippen LogP contribution in [-0.2, 0) is 0 Å². The Morgan fingerprint density at radius 2 is 1.76 bits per heavy atom. The second-order valence-corrected chi connectivity index (χ2v) is 5.54. The summed E-state index contributed by atoms with van der Waals surface area (Å²) >= 11 is 3.36. The van der Waals surface area contributed by atoms with Crippen molar-refractivity contribution in [3.05, 3.63) is 82.5 Å². The lowest BCUT2D eigenvalue weighted by Gasteiger charge is -2.01. The molecular weight excluding hydrogens is 326 g/mol. The van der Waals surface area contributed by atoms with Gasteiger partial charge in [-0.3, -0.25) is 9.78 Å². The molecule has 0 unspecified atom stereocenters. The number of hydrogen-bond acceptors (Lipinski definition) is 2. The van der Waals surface area contributed by atoms with Crippen molar-refractivity contribution < 1.29 is 4.79 Å². The number of nitrogens with zero attached hydrogens (tertiary/aromatic N) is 1. The Balaban J connectivity index is 1.91. The molecule has 21 heavy (non-hydrogen) atoms. The third-order valence-corrected chi connectivity index (χ3v) is 3.75. The van der Waals surface area contributed by atoms with Crippen LogP contribution in [0.4, 0.5) is 0 Å². The summed E-state index contributed by atoms with van der Waals surface area (Å²) in [4.78, 5) is 16.5. The van der Waals surface area contributed by atoms with E-state index in [-0.39, 0.29) is 5.78 Å². The van der Waals surface area contributed by atoms with E-state index in [9.17, 15) is 4.79 Å². The van der Waals surface area contributed by atoms with E-state index in [2.05, 4.69) is 20.9 Å². The Labute approximate surface area is 131 Å². The first-order chi connectivity index (χ1) is 10.2. The number of pyridine rings is 1. The van der Waals surface area contributed by atoms with Crippen molar-refractivity contribution >= 4 is 38.7 Å². The molecule has 2 nitrogen and oxygen atoms in total. The van der Waals surface area contributed by atoms with Crippen LogP contribution < -0.4 is 0 Å². The highest BCUT2D eigenvalue weighted by molar-refractivity contribution is 9.10. The number of aromatic nitrogens is 1. The third-order valence-electron chi connectivity index (χ3n) is 3.23. The molecule has 0 fully saturated rings. The van der Waals surface area contributed by atoms with Crippen LogP contribution in [0.25, 0.3) is 17.0 Å². The van der Waals surface area contributed by atoms with Gasteiger partial charge in [-0.15, -0.1) is 0 Å². The van der Waals surface area contributed by atoms with Gasteiger partial charge in [-0.2, -0.15) is 0 Å². The monoisotopic (exact) mass is 337 g/mol. The molecule has 1 heterocycles. The van der Waals surface area contributed by atoms with Gasteiger partial charge in [-0.25, -0.2) is 0 Å². The van der Waals surface area contributed by atoms with Gasteiger partial charge in [0.05, 0.1) is 5.52 Å². The summed E-state index contributed by atoms with van der Waals surface area (Å²) in [6, 6.07) is 17.1. The number of carbonyl (C=O) groups is 1. The van der Waals surface area contributed by atoms with Gasteiger partial charge in [0, 0.05) is 21.6 Å². The maximum Gasteiger partial charge on any atom is 0.185 e. The van der Waals surface area contributed by atoms with Crippen molar-refractivity contribution in [2.45, 2.75) is 0 Å². The van der Waals surface area contributed by atoms with Crippen LogP contribution in [0.3, 0.4) is 0 Å². The zero-order valence-corrected chi connectivity index (χ0v) is 12.7. The molecule has 0 spiro atoms. The molecule has 0 amide bonds. The van der Waals surface area contributed by atoms with Crippen molar-refractivity contribution in [3.63, 3.8) is 0 Å². The fraction of sp³-hybridized carbons (Fsp3) is 0. The summed E-state index contributed by atoms with van der Waals surface area (Å²) in [5.74, 6) is -0.0107. The van der Waals surface area contributed by atoms with Gasteiger partial charge in [0.15, 0.2) is 5.78 Å². The molecule has 2 aromatic carbocycles. The summed E-state index contributed by atoms with van der Waals surface area (Å²) in [6.07, 6.45) is 5.20. The van der Waals surface area contributed by atoms with E-state index in [0.29, 0.717) is 5.56 Å². The largest absolute Gasteiger partial charge is 0.289 e. The van der Waals surface area contributed by atoms with Crippen LogP contribution in [0.15, 0.2) is 71.3 Å². The van der Waals surface area contributed by atoms with Crippen LogP contribution in [0, 0.1) is 0 Å². The van der Waals surface area contributed by atoms with Gasteiger partial charge >= 0.3 is 0 Å². The lowest BCUT2D eigenvalue weighted by molar-refractivity contribution is 0.104. The van der Waals surface area contributed by atoms with Crippen molar-refractivity contribution in [2.75, 3.05) is 0 Å². The average molecular weight is 338 g/mol. The zero-order chi connectivity index (χ0) is 14.7. The van der Waals surface area contributed by atoms with Gasteiger partial charge in [0.2, 0.25) is 0 Å². The molecule has 0 aliphatic heterocycles. The topological polar surface area (TPSA) is 30.0 Å². The second kappa shape index (κ2) is 6.02. The van der Waals surface area contributed by atoms with E-state index in [0.717, 1.165) is 20.9 Å². The highest BCUT2D eigenvalue weighted by atomic mass is 79.9. The Hall–Kier alpha value is -2.26. The quantitative estimate of drug-likeness (QED) is 0.503. The number of allylic oxidation sites excluding steroid dienone is 1. The fourth-order valence-corrected chi connectivity index (χ4v) is 2.40. The van der Waals surface area contributed by atoms with Gasteiger partial charge in [0.1, 0.15) is 0 Å². The first kappa shape index (κ1) is 13.7. The Kier molecular flexibility index (Phi) is 3.93. The SMILES string of the molecule is O=C(/C=C/c1ccnc2ccccc12)c1ccc(Br)cc1. The number of benzene rings is 2. The molecule has 0 radical (unpaired) electrons. The highest BCUT2D eigenvalue weighted by Gasteiger charge is 2.02. The number of rotatable bonds is 3. The van der Waals surface area contributed by atoms with Crippen molar-refractivity contribution in [2.24, 2.45) is 0 Å². The summed E-state index contributed by atoms with van der Waals surface area (Å²) in [5.41, 5.74) is 2.59. The molecular formula is C18H12BrNO. The van der Waals surface area contributed by atoms with E-state index in [1.807, 2.05) is 48.5 Å². The number of halogens is 1. The van der Waals surface area contributed by atoms with Crippen molar-refractivity contribution in [1.82, 2.24) is 4.98 Å². The lowest BCUT2D eigenvalue weighted by atomic mass is 10.1. The number of carbonyl (C=O) groups excluding carboxylic acids is 1. The smallest absolute Gasteiger partial charge is 0.185 e. The number of hydrogen-bond donors (Lipinski definition) is 0. The van der Waals surface area contributed by atoms with Crippen LogP contribution in [-0.4, -0.2) is 10.8 Å². The van der Waals surface area contributed by atoms with E-state index < -0.39 is 0 Å². The zero-order valence-electron chi connectivity index (χ0n) is 11.2. The second-order valence-electron chi connectivity index (χ2n) is 4.62. The minimum atomic E-state index is -0.0107. The number of ketones is 1. The molecule has 0 aliphatic rings. The molecule has 0 bridgehead atoms. The van der Waals surface area contributed by atoms with Crippen molar-refractivity contribution in [3.8, 4) is 0 Å². The maximum atomic E-state index is 12.1. The summed E-state index contributed by atoms with van der Waals surface area (Å²) in [7, 11) is 0. The molecule has 0 atom stereocenters. The highest BCUT2D eigenvalue weighted by Crippen LogP contribution is 2.18. The van der Waals surface area contributed by atoms with E-state index in [1.165, 1.54) is 0 Å². The average Bonchev–Trinajstić information content (AvgIpc) is 2.53. The van der Waals surface area contributed by atoms with Crippen molar-refractivity contribution in [1.29, 1.82) is 0 Å². The summed E-state index contributed by atoms with van der Waals surface area (Å²) in [6.45, 7) is 0. The van der Waals surface area contributed by atoms with Gasteiger partial charge in [-0.05, 0) is 48.0 Å². The van der Waals surface area contributed by atoms with Crippen LogP contribution >= 0.6 is 15.9 Å². The van der Waals surface area contributed by atoms with Gasteiger partial charge in [-0.1, -0.05) is 40.2 Å². The van der Waals surface area contributed by atoms with Crippen LogP contribution in [0.2, 0.25) is 0 Å². The van der Waals surface area contributed by atoms with E-state index >= 15 is 0 Å². The number of fused-ring (bicyclic) bond motifs is 1. The first-order valence-electron chi connectivity index (χ1n) is 6.56. The first-order valence-corrected chi connectivity index (χ1v) is 7.35. The predicted molar refractivity (Wildman–Crippen MR) is 89.2 cm³/mol. The Morgan fingerprint density at radius 3 is 2.57 bits per heavy atom. The summed E-state index contributed by atoms with van der Waals surface area (Å²) in [5, 5.41) is 1.04. The molecule has 0 N–H and O–H groups in total. The fourth-order valence-electron chi connectivity index (χ4n) is 2.14. The van der Waals surface area contributed by atoms with E-state index in [4.69, 9.17) is 0 Å². The standard InChI is InChI=1S/C18H12BrNO/c19-15-8-5-14(6-9-15)18(21)10-7-13-11-12-20-17-4-2-1-3-16(13)17/h1-12H/b10-7+. The predicted octanol–water partition coefficient (Wildman–Crippen LogP) is 4.89. The number of para-hydroxylation sites is 1. The molecule has 0 saturated heterocycles. The normalized spacial score (nSPS) is 11.1. The molecule has 102 valence electrons. The Bertz CT molecular complexity index is 817. The minimum Gasteiger partial charge on any atom is -0.289 e. The molecule has 0 aliphatic carbocycles. The van der Waals surface area contributed by atoms with E-state index in [1.54, 1.807) is 24.4 Å². The summed E-state index contributed by atoms with van der Waals surface area (Å²) < 4.78 is 0.961. The Morgan fingerprint density at radius 1 is 1.00 bits per heavy atom. The lowest BCUT2D eigenvalue weighted by Crippen LogP contribution is -1.93.